The third-order valence-electron chi connectivity index (χ3n) is 1.84. The molecule has 0 aliphatic heterocycles. The van der Waals surface area contributed by atoms with E-state index in [4.69, 9.17) is 0 Å². The van der Waals surface area contributed by atoms with Gasteiger partial charge in [0.15, 0.2) is 0 Å². The molecule has 0 aromatic carbocycles. The van der Waals surface area contributed by atoms with Crippen molar-refractivity contribution in [3.8, 4) is 0 Å². The van der Waals surface area contributed by atoms with Gasteiger partial charge < -0.3 is 0 Å². The van der Waals surface area contributed by atoms with E-state index in [1.54, 1.807) is 0 Å². The first kappa shape index (κ1) is 9.72. The minimum Gasteiger partial charge on any atom is -0.246 e. The van der Waals surface area contributed by atoms with Crippen molar-refractivity contribution in [1.29, 1.82) is 0 Å². The van der Waals surface area contributed by atoms with Crippen molar-refractivity contribution in [2.75, 3.05) is 0 Å². The maximum absolute atomic E-state index is 4.57. The molecular weight excluding hydrogens is 166 g/mol. The Morgan fingerprint density at radius 3 is 2.25 bits per heavy atom. The predicted molar refractivity (Wildman–Crippen MR) is 54.9 cm³/mol. The van der Waals surface area contributed by atoms with Gasteiger partial charge in [-0.05, 0) is 13.3 Å². The smallest absolute Gasteiger partial charge is 0.0900 e. The summed E-state index contributed by atoms with van der Waals surface area (Å²) in [5.74, 6) is 0. The van der Waals surface area contributed by atoms with Gasteiger partial charge in [-0.1, -0.05) is 27.7 Å². The quantitative estimate of drug-likeness (QED) is 0.651. The van der Waals surface area contributed by atoms with Gasteiger partial charge in [0, 0.05) is 10.3 Å². The number of thiazole rings is 1. The van der Waals surface area contributed by atoms with Crippen molar-refractivity contribution in [1.82, 2.24) is 4.98 Å². The fourth-order valence-corrected chi connectivity index (χ4v) is 2.38. The van der Waals surface area contributed by atoms with Crippen LogP contribution in [0.5, 0.6) is 0 Å². The molecule has 1 nitrogen and oxygen atoms in total. The molecular formula is C10H17NS. The van der Waals surface area contributed by atoms with Crippen LogP contribution >= 0.6 is 11.3 Å². The largest absolute Gasteiger partial charge is 0.246 e. The highest BCUT2D eigenvalue weighted by molar-refractivity contribution is 7.11. The molecule has 1 aromatic rings. The average molecular weight is 183 g/mol. The molecule has 0 unspecified atom stereocenters. The summed E-state index contributed by atoms with van der Waals surface area (Å²) in [4.78, 5) is 6.02. The Kier molecular flexibility index (Phi) is 2.57. The second-order valence-electron chi connectivity index (χ2n) is 4.11. The minimum atomic E-state index is 0.204. The van der Waals surface area contributed by atoms with Crippen LogP contribution in [0.1, 0.15) is 43.3 Å². The van der Waals surface area contributed by atoms with Gasteiger partial charge in [-0.15, -0.1) is 11.3 Å². The number of rotatable bonds is 1. The van der Waals surface area contributed by atoms with E-state index in [2.05, 4.69) is 39.6 Å². The summed E-state index contributed by atoms with van der Waals surface area (Å²) >= 11 is 1.83. The minimum absolute atomic E-state index is 0.204. The summed E-state index contributed by atoms with van der Waals surface area (Å²) in [6.45, 7) is 10.9. The molecule has 1 rings (SSSR count). The predicted octanol–water partition coefficient (Wildman–Crippen LogP) is 3.31. The van der Waals surface area contributed by atoms with Crippen molar-refractivity contribution >= 4 is 11.3 Å². The van der Waals surface area contributed by atoms with Crippen LogP contribution in [0.3, 0.4) is 0 Å². The Morgan fingerprint density at radius 2 is 1.92 bits per heavy atom. The van der Waals surface area contributed by atoms with Crippen molar-refractivity contribution in [3.63, 3.8) is 0 Å². The molecule has 0 fully saturated rings. The second-order valence-corrected chi connectivity index (χ2v) is 5.40. The second kappa shape index (κ2) is 3.17. The lowest BCUT2D eigenvalue weighted by Crippen LogP contribution is -2.13. The number of aryl methyl sites for hydroxylation is 2. The van der Waals surface area contributed by atoms with E-state index in [1.807, 2.05) is 11.3 Å². The van der Waals surface area contributed by atoms with Gasteiger partial charge >= 0.3 is 0 Å². The molecule has 0 amide bonds. The Balaban J connectivity index is 3.13. The van der Waals surface area contributed by atoms with Crippen LogP contribution in [0.2, 0.25) is 0 Å². The number of nitrogens with zero attached hydrogens (tertiary/aromatic N) is 1. The fourth-order valence-electron chi connectivity index (χ4n) is 1.29. The molecule has 0 saturated heterocycles. The standard InChI is InChI=1S/C10H17NS/c1-6-8-9(10(3,4)5)11-7(2)12-8/h6H2,1-5H3. The molecule has 0 N–H and O–H groups in total. The highest BCUT2D eigenvalue weighted by Gasteiger charge is 2.20. The van der Waals surface area contributed by atoms with E-state index >= 15 is 0 Å². The lowest BCUT2D eigenvalue weighted by Gasteiger charge is -2.16. The lowest BCUT2D eigenvalue weighted by molar-refractivity contribution is 0.566. The molecule has 12 heavy (non-hydrogen) atoms. The normalized spacial score (nSPS) is 12.1. The summed E-state index contributed by atoms with van der Waals surface area (Å²) in [7, 11) is 0. The average Bonchev–Trinajstić information content (AvgIpc) is 2.29. The summed E-state index contributed by atoms with van der Waals surface area (Å²) in [5, 5.41) is 1.19. The third kappa shape index (κ3) is 1.86. The Hall–Kier alpha value is -0.370. The maximum Gasteiger partial charge on any atom is 0.0900 e. The van der Waals surface area contributed by atoms with Crippen LogP contribution in [0.15, 0.2) is 0 Å². The molecule has 0 spiro atoms. The van der Waals surface area contributed by atoms with Crippen molar-refractivity contribution in [3.05, 3.63) is 15.6 Å². The highest BCUT2D eigenvalue weighted by atomic mass is 32.1. The van der Waals surface area contributed by atoms with E-state index in [9.17, 15) is 0 Å². The Labute approximate surface area is 78.8 Å². The van der Waals surface area contributed by atoms with Crippen molar-refractivity contribution < 1.29 is 0 Å². The number of aromatic nitrogens is 1. The van der Waals surface area contributed by atoms with Gasteiger partial charge in [-0.25, -0.2) is 4.98 Å². The zero-order chi connectivity index (χ0) is 9.35. The monoisotopic (exact) mass is 183 g/mol. The van der Waals surface area contributed by atoms with Gasteiger partial charge in [-0.3, -0.25) is 0 Å². The summed E-state index contributed by atoms with van der Waals surface area (Å²) in [5.41, 5.74) is 1.49. The SMILES string of the molecule is CCc1sc(C)nc1C(C)(C)C. The molecule has 0 bridgehead atoms. The maximum atomic E-state index is 4.57. The first-order valence-corrected chi connectivity index (χ1v) is 5.23. The molecule has 0 atom stereocenters. The number of hydrogen-bond donors (Lipinski definition) is 0. The van der Waals surface area contributed by atoms with Gasteiger partial charge in [0.1, 0.15) is 0 Å². The molecule has 0 saturated carbocycles. The van der Waals surface area contributed by atoms with Crippen molar-refractivity contribution in [2.45, 2.75) is 46.5 Å². The van der Waals surface area contributed by atoms with E-state index in [0.717, 1.165) is 6.42 Å². The van der Waals surface area contributed by atoms with Crippen LogP contribution in [-0.4, -0.2) is 4.98 Å². The lowest BCUT2D eigenvalue weighted by atomic mass is 9.91. The van der Waals surface area contributed by atoms with E-state index in [-0.39, 0.29) is 5.41 Å². The zero-order valence-corrected chi connectivity index (χ0v) is 9.38. The van der Waals surface area contributed by atoms with Gasteiger partial charge in [0.25, 0.3) is 0 Å². The highest BCUT2D eigenvalue weighted by Crippen LogP contribution is 2.29. The van der Waals surface area contributed by atoms with Gasteiger partial charge in [0.2, 0.25) is 0 Å². The van der Waals surface area contributed by atoms with Crippen LogP contribution in [0, 0.1) is 6.92 Å². The van der Waals surface area contributed by atoms with Crippen LogP contribution in [0.25, 0.3) is 0 Å². The molecule has 1 heterocycles. The van der Waals surface area contributed by atoms with E-state index in [0.29, 0.717) is 0 Å². The van der Waals surface area contributed by atoms with Crippen LogP contribution in [-0.2, 0) is 11.8 Å². The van der Waals surface area contributed by atoms with Crippen LogP contribution in [0.4, 0.5) is 0 Å². The molecule has 0 aliphatic rings. The van der Waals surface area contributed by atoms with Gasteiger partial charge in [-0.2, -0.15) is 0 Å². The summed E-state index contributed by atoms with van der Waals surface area (Å²) in [6, 6.07) is 0. The van der Waals surface area contributed by atoms with Crippen LogP contribution < -0.4 is 0 Å². The van der Waals surface area contributed by atoms with E-state index < -0.39 is 0 Å². The third-order valence-corrected chi connectivity index (χ3v) is 2.95. The summed E-state index contributed by atoms with van der Waals surface area (Å²) in [6.07, 6.45) is 1.11. The molecule has 0 aliphatic carbocycles. The molecule has 2 heteroatoms. The first-order chi connectivity index (χ1) is 5.45. The zero-order valence-electron chi connectivity index (χ0n) is 8.56. The van der Waals surface area contributed by atoms with Gasteiger partial charge in [0.05, 0.1) is 10.7 Å². The molecule has 1 aromatic heterocycles. The topological polar surface area (TPSA) is 12.9 Å². The Morgan fingerprint density at radius 1 is 1.33 bits per heavy atom. The fraction of sp³-hybridized carbons (Fsp3) is 0.700. The molecule has 0 radical (unpaired) electrons. The first-order valence-electron chi connectivity index (χ1n) is 4.42. The van der Waals surface area contributed by atoms with Crippen molar-refractivity contribution in [2.24, 2.45) is 0 Å². The number of hydrogen-bond acceptors (Lipinski definition) is 2. The summed E-state index contributed by atoms with van der Waals surface area (Å²) < 4.78 is 0. The molecule has 68 valence electrons. The van der Waals surface area contributed by atoms with E-state index in [1.165, 1.54) is 15.6 Å². The Bertz CT molecular complexity index is 268.